The summed E-state index contributed by atoms with van der Waals surface area (Å²) in [6, 6.07) is 7.47. The molecule has 1 rings (SSSR count). The zero-order valence-electron chi connectivity index (χ0n) is 13.3. The van der Waals surface area contributed by atoms with Gasteiger partial charge in [-0.3, -0.25) is 4.79 Å². The number of nitrogens with one attached hydrogen (secondary N) is 1. The maximum atomic E-state index is 11.9. The van der Waals surface area contributed by atoms with Crippen LogP contribution in [-0.4, -0.2) is 37.9 Å². The fourth-order valence-electron chi connectivity index (χ4n) is 2.07. The lowest BCUT2D eigenvalue weighted by molar-refractivity contribution is 0.0953. The molecule has 6 nitrogen and oxygen atoms in total. The number of hydrogen-bond acceptors (Lipinski definition) is 5. The molecular weight excluding hydrogens is 282 g/mol. The van der Waals surface area contributed by atoms with Crippen LogP contribution in [0.3, 0.4) is 0 Å². The van der Waals surface area contributed by atoms with Gasteiger partial charge in [0.25, 0.3) is 5.91 Å². The molecule has 0 radical (unpaired) electrons. The van der Waals surface area contributed by atoms with Crippen molar-refractivity contribution >= 4 is 11.6 Å². The first-order valence-corrected chi connectivity index (χ1v) is 7.60. The van der Waals surface area contributed by atoms with Crippen molar-refractivity contribution in [3.8, 4) is 0 Å². The highest BCUT2D eigenvalue weighted by Crippen LogP contribution is 2.12. The minimum atomic E-state index is -1.08. The van der Waals surface area contributed by atoms with Crippen LogP contribution < -0.4 is 10.2 Å². The molecule has 1 amide bonds. The van der Waals surface area contributed by atoms with Crippen LogP contribution in [0.15, 0.2) is 29.4 Å². The fraction of sp³-hybridized carbons (Fsp3) is 0.562. The van der Waals surface area contributed by atoms with Crippen molar-refractivity contribution in [3.63, 3.8) is 0 Å². The van der Waals surface area contributed by atoms with E-state index in [9.17, 15) is 9.70 Å². The Bertz CT molecular complexity index is 460. The van der Waals surface area contributed by atoms with E-state index < -0.39 is 6.23 Å². The number of amides is 1. The molecule has 0 fully saturated rings. The van der Waals surface area contributed by atoms with Crippen molar-refractivity contribution in [1.82, 2.24) is 5.32 Å². The molecule has 0 bridgehead atoms. The second kappa shape index (κ2) is 9.89. The number of benzene rings is 1. The molecule has 0 aromatic heterocycles. The normalized spacial score (nSPS) is 11.8. The Labute approximate surface area is 131 Å². The molecule has 1 unspecified atom stereocenters. The van der Waals surface area contributed by atoms with Gasteiger partial charge in [0.05, 0.1) is 0 Å². The summed E-state index contributed by atoms with van der Waals surface area (Å²) in [6.45, 7) is 0.628. The summed E-state index contributed by atoms with van der Waals surface area (Å²) in [6.07, 6.45) is 2.85. The van der Waals surface area contributed by atoms with Gasteiger partial charge in [0.2, 0.25) is 0 Å². The van der Waals surface area contributed by atoms with E-state index in [1.54, 1.807) is 0 Å². The summed E-state index contributed by atoms with van der Waals surface area (Å²) in [5.74, 6) is -0.0640. The molecule has 6 heteroatoms. The van der Waals surface area contributed by atoms with Crippen molar-refractivity contribution in [1.29, 1.82) is 0 Å². The second-order valence-electron chi connectivity index (χ2n) is 5.49. The van der Waals surface area contributed by atoms with Gasteiger partial charge >= 0.3 is 0 Å². The number of aliphatic hydroxyl groups excluding tert-OH is 1. The quantitative estimate of drug-likeness (QED) is 0.514. The number of anilines is 1. The van der Waals surface area contributed by atoms with Gasteiger partial charge < -0.3 is 15.3 Å². The van der Waals surface area contributed by atoms with Crippen molar-refractivity contribution in [2.24, 2.45) is 5.18 Å². The maximum Gasteiger partial charge on any atom is 0.251 e. The number of nitroso groups, excluding NO2 is 1. The first-order valence-electron chi connectivity index (χ1n) is 7.60. The predicted octanol–water partition coefficient (Wildman–Crippen LogP) is 2.52. The standard InChI is InChI=1S/C16H25N3O3/c1-19(2)14-10-8-13(9-11-14)16(21)17-12-6-4-3-5-7-15(20)18-22/h8-11,15,20H,3-7,12H2,1-2H3,(H,17,21). The van der Waals surface area contributed by atoms with Gasteiger partial charge in [-0.05, 0) is 48.7 Å². The van der Waals surface area contributed by atoms with E-state index in [0.29, 0.717) is 18.5 Å². The van der Waals surface area contributed by atoms with Crippen LogP contribution in [-0.2, 0) is 0 Å². The number of rotatable bonds is 10. The van der Waals surface area contributed by atoms with E-state index in [0.717, 1.165) is 31.4 Å². The zero-order valence-corrected chi connectivity index (χ0v) is 13.3. The SMILES string of the molecule is CN(C)c1ccc(C(=O)NCCCCCCC(O)N=O)cc1. The molecule has 0 aliphatic heterocycles. The fourth-order valence-corrected chi connectivity index (χ4v) is 2.07. The maximum absolute atomic E-state index is 11.9. The molecular formula is C16H25N3O3. The van der Waals surface area contributed by atoms with Gasteiger partial charge in [0.15, 0.2) is 6.23 Å². The summed E-state index contributed by atoms with van der Waals surface area (Å²) < 4.78 is 0. The largest absolute Gasteiger partial charge is 0.378 e. The zero-order chi connectivity index (χ0) is 16.4. The molecule has 1 aromatic rings. The number of carbonyl (C=O) groups excluding carboxylic acids is 1. The van der Waals surface area contributed by atoms with Gasteiger partial charge in [-0.2, -0.15) is 0 Å². The minimum absolute atomic E-state index is 0.0640. The molecule has 0 heterocycles. The Morgan fingerprint density at radius 3 is 2.41 bits per heavy atom. The number of unbranched alkanes of at least 4 members (excludes halogenated alkanes) is 3. The smallest absolute Gasteiger partial charge is 0.251 e. The Morgan fingerprint density at radius 2 is 1.82 bits per heavy atom. The number of aliphatic hydroxyl groups is 1. The molecule has 22 heavy (non-hydrogen) atoms. The van der Waals surface area contributed by atoms with Gasteiger partial charge in [-0.15, -0.1) is 4.91 Å². The Kier molecular flexibility index (Phi) is 8.14. The topological polar surface area (TPSA) is 82.0 Å². The predicted molar refractivity (Wildman–Crippen MR) is 88.0 cm³/mol. The third-order valence-electron chi connectivity index (χ3n) is 3.44. The molecule has 122 valence electrons. The van der Waals surface area contributed by atoms with E-state index in [1.807, 2.05) is 43.3 Å². The third-order valence-corrected chi connectivity index (χ3v) is 3.44. The van der Waals surface area contributed by atoms with Crippen molar-refractivity contribution in [2.45, 2.75) is 38.3 Å². The van der Waals surface area contributed by atoms with Crippen LogP contribution in [0.4, 0.5) is 5.69 Å². The number of hydrogen-bond donors (Lipinski definition) is 2. The molecule has 0 spiro atoms. The minimum Gasteiger partial charge on any atom is -0.378 e. The van der Waals surface area contributed by atoms with Crippen LogP contribution in [0.25, 0.3) is 0 Å². The monoisotopic (exact) mass is 307 g/mol. The average Bonchev–Trinajstić information content (AvgIpc) is 2.53. The molecule has 0 aliphatic rings. The van der Waals surface area contributed by atoms with Crippen molar-refractivity contribution in [3.05, 3.63) is 34.7 Å². The molecule has 0 aliphatic carbocycles. The highest BCUT2D eigenvalue weighted by molar-refractivity contribution is 5.94. The molecule has 0 saturated carbocycles. The molecule has 1 aromatic carbocycles. The van der Waals surface area contributed by atoms with E-state index in [2.05, 4.69) is 10.5 Å². The lowest BCUT2D eigenvalue weighted by Gasteiger charge is -2.12. The number of carbonyl (C=O) groups is 1. The lowest BCUT2D eigenvalue weighted by Crippen LogP contribution is -2.24. The summed E-state index contributed by atoms with van der Waals surface area (Å²) in [5, 5.41) is 14.4. The molecule has 0 saturated heterocycles. The number of nitrogens with zero attached hydrogens (tertiary/aromatic N) is 2. The second-order valence-corrected chi connectivity index (χ2v) is 5.49. The molecule has 2 N–H and O–H groups in total. The van der Waals surface area contributed by atoms with E-state index in [-0.39, 0.29) is 5.91 Å². The molecule has 1 atom stereocenters. The summed E-state index contributed by atoms with van der Waals surface area (Å²) in [5.41, 5.74) is 1.72. The average molecular weight is 307 g/mol. The van der Waals surface area contributed by atoms with Crippen LogP contribution in [0.1, 0.15) is 42.5 Å². The van der Waals surface area contributed by atoms with Crippen molar-refractivity contribution < 1.29 is 9.90 Å². The first kappa shape index (κ1) is 18.1. The van der Waals surface area contributed by atoms with Gasteiger partial charge in [0, 0.05) is 31.9 Å². The van der Waals surface area contributed by atoms with Gasteiger partial charge in [0.1, 0.15) is 0 Å². The van der Waals surface area contributed by atoms with E-state index >= 15 is 0 Å². The summed E-state index contributed by atoms with van der Waals surface area (Å²) in [7, 11) is 3.92. The van der Waals surface area contributed by atoms with Crippen LogP contribution in [0, 0.1) is 4.91 Å². The van der Waals surface area contributed by atoms with Crippen molar-refractivity contribution in [2.75, 3.05) is 25.5 Å². The highest BCUT2D eigenvalue weighted by Gasteiger charge is 2.05. The van der Waals surface area contributed by atoms with Gasteiger partial charge in [-0.1, -0.05) is 12.8 Å². The van der Waals surface area contributed by atoms with Gasteiger partial charge in [-0.25, -0.2) is 0 Å². The first-order chi connectivity index (χ1) is 10.5. The van der Waals surface area contributed by atoms with E-state index in [4.69, 9.17) is 5.11 Å². The summed E-state index contributed by atoms with van der Waals surface area (Å²) >= 11 is 0. The Balaban J connectivity index is 2.16. The van der Waals surface area contributed by atoms with Crippen LogP contribution in [0.2, 0.25) is 0 Å². The van der Waals surface area contributed by atoms with Crippen LogP contribution >= 0.6 is 0 Å². The lowest BCUT2D eigenvalue weighted by atomic mass is 10.1. The third kappa shape index (κ3) is 6.67. The Morgan fingerprint density at radius 1 is 1.18 bits per heavy atom. The highest BCUT2D eigenvalue weighted by atomic mass is 16.3. The van der Waals surface area contributed by atoms with E-state index in [1.165, 1.54) is 0 Å². The Hall–Kier alpha value is -1.95. The van der Waals surface area contributed by atoms with Crippen LogP contribution in [0.5, 0.6) is 0 Å². The summed E-state index contributed by atoms with van der Waals surface area (Å²) in [4.78, 5) is 23.9.